The van der Waals surface area contributed by atoms with Crippen LogP contribution in [0.5, 0.6) is 0 Å². The molecule has 154 valence electrons. The number of aromatic carboxylic acids is 1. The van der Waals surface area contributed by atoms with E-state index < -0.39 is 5.97 Å². The third kappa shape index (κ3) is 2.92. The fraction of sp³-hybridized carbons (Fsp3) is 0.231. The van der Waals surface area contributed by atoms with Crippen molar-refractivity contribution in [3.05, 3.63) is 66.1 Å². The van der Waals surface area contributed by atoms with Crippen molar-refractivity contribution in [2.75, 3.05) is 36.0 Å². The van der Waals surface area contributed by atoms with Crippen LogP contribution in [0.1, 0.15) is 31.4 Å². The molecule has 0 aliphatic carbocycles. The van der Waals surface area contributed by atoms with Crippen molar-refractivity contribution in [2.24, 2.45) is 0 Å². The highest BCUT2D eigenvalue weighted by molar-refractivity contribution is 6.12. The first-order chi connectivity index (χ1) is 17.7. The van der Waals surface area contributed by atoms with Crippen LogP contribution in [0, 0.1) is 0 Å². The van der Waals surface area contributed by atoms with E-state index in [1.54, 1.807) is 18.2 Å². The molecule has 2 aliphatic heterocycles. The fourth-order valence-electron chi connectivity index (χ4n) is 4.04. The van der Waals surface area contributed by atoms with Crippen molar-refractivity contribution in [3.63, 3.8) is 0 Å². The zero-order chi connectivity index (χ0) is 26.2. The first-order valence-corrected chi connectivity index (χ1v) is 10.4. The molecule has 0 unspecified atom stereocenters. The van der Waals surface area contributed by atoms with Gasteiger partial charge >= 0.3 is 17.1 Å². The predicted octanol–water partition coefficient (Wildman–Crippen LogP) is 5.65. The standard InChI is InChI=1S/C26H22N2O3/c29-26(30)20-6-2-1-5-19(20)25-21-9-7-17(27-11-3-12-27)15-23(21)31-24-16-18(8-10-22(24)25)28-13-4-14-28/h1-2,5-10,15-16H,3-4,11-14H2/p+1/i7D,8D,9D,10D,15D,16D. The average Bonchev–Trinajstić information content (AvgIpc) is 2.82. The maximum Gasteiger partial charge on any atom is 0.363 e. The SMILES string of the molecule is [2H]c1c(N2CCC2)c([2H])c2[o+]c3c([2H])c(N4CCC4)c([2H])c([2H])c3c(-c3ccccc3C(=O)O)c2c1[2H]. The Morgan fingerprint density at radius 3 is 1.90 bits per heavy atom. The van der Waals surface area contributed by atoms with Gasteiger partial charge in [0.2, 0.25) is 0 Å². The van der Waals surface area contributed by atoms with E-state index in [9.17, 15) is 9.90 Å². The Morgan fingerprint density at radius 2 is 1.42 bits per heavy atom. The number of anilines is 2. The van der Waals surface area contributed by atoms with Gasteiger partial charge in [-0.25, -0.2) is 9.21 Å². The highest BCUT2D eigenvalue weighted by atomic mass is 16.4. The highest BCUT2D eigenvalue weighted by Gasteiger charge is 2.26. The van der Waals surface area contributed by atoms with Crippen LogP contribution in [0.4, 0.5) is 11.4 Å². The van der Waals surface area contributed by atoms with Gasteiger partial charge in [-0.05, 0) is 48.6 Å². The molecule has 3 heterocycles. The number of carbonyl (C=O) groups is 1. The summed E-state index contributed by atoms with van der Waals surface area (Å²) < 4.78 is 59.4. The van der Waals surface area contributed by atoms with Gasteiger partial charge in [0.25, 0.3) is 0 Å². The lowest BCUT2D eigenvalue weighted by Crippen LogP contribution is -2.36. The topological polar surface area (TPSA) is 55.1 Å². The van der Waals surface area contributed by atoms with E-state index in [1.165, 1.54) is 6.07 Å². The molecule has 31 heavy (non-hydrogen) atoms. The van der Waals surface area contributed by atoms with E-state index in [2.05, 4.69) is 0 Å². The summed E-state index contributed by atoms with van der Waals surface area (Å²) in [4.78, 5) is 15.9. The number of fused-ring (bicyclic) bond motifs is 2. The van der Waals surface area contributed by atoms with Gasteiger partial charge in [-0.2, -0.15) is 0 Å². The summed E-state index contributed by atoms with van der Waals surface area (Å²) in [6.07, 6.45) is 1.81. The molecule has 2 saturated heterocycles. The van der Waals surface area contributed by atoms with Crippen LogP contribution in [0.3, 0.4) is 0 Å². The average molecular weight is 418 g/mol. The van der Waals surface area contributed by atoms with E-state index in [0.29, 0.717) is 26.2 Å². The van der Waals surface area contributed by atoms with E-state index >= 15 is 0 Å². The first-order valence-electron chi connectivity index (χ1n) is 13.4. The molecule has 0 amide bonds. The molecule has 4 aromatic rings. The Kier molecular flexibility index (Phi) is 2.92. The van der Waals surface area contributed by atoms with E-state index in [1.807, 2.05) is 9.80 Å². The molecule has 0 saturated carbocycles. The second-order valence-electron chi connectivity index (χ2n) is 7.86. The molecule has 0 atom stereocenters. The third-order valence-electron chi connectivity index (χ3n) is 6.01. The highest BCUT2D eigenvalue weighted by Crippen LogP contribution is 2.41. The summed E-state index contributed by atoms with van der Waals surface area (Å²) >= 11 is 0. The van der Waals surface area contributed by atoms with Crippen molar-refractivity contribution < 1.29 is 22.5 Å². The lowest BCUT2D eigenvalue weighted by Gasteiger charge is -2.33. The van der Waals surface area contributed by atoms with Crippen LogP contribution < -0.4 is 9.80 Å². The second-order valence-corrected chi connectivity index (χ2v) is 7.86. The Hall–Kier alpha value is -3.60. The fourth-order valence-corrected chi connectivity index (χ4v) is 4.04. The lowest BCUT2D eigenvalue weighted by molar-refractivity contribution is 0.0697. The number of carboxylic acids is 1. The van der Waals surface area contributed by atoms with Gasteiger partial charge in [0, 0.05) is 43.1 Å². The predicted molar refractivity (Wildman–Crippen MR) is 124 cm³/mol. The summed E-state index contributed by atoms with van der Waals surface area (Å²) in [5.41, 5.74) is 0.665. The molecule has 5 heteroatoms. The van der Waals surface area contributed by atoms with Gasteiger partial charge in [-0.3, -0.25) is 0 Å². The van der Waals surface area contributed by atoms with Crippen molar-refractivity contribution in [3.8, 4) is 11.1 Å². The van der Waals surface area contributed by atoms with Gasteiger partial charge in [0.1, 0.15) is 0 Å². The van der Waals surface area contributed by atoms with E-state index in [-0.39, 0.29) is 86.3 Å². The number of hydrogen-bond donors (Lipinski definition) is 1. The molecule has 1 N–H and O–H groups in total. The van der Waals surface area contributed by atoms with Crippen LogP contribution in [0.25, 0.3) is 33.1 Å². The normalized spacial score (nSPS) is 18.5. The molecule has 2 aliphatic rings. The maximum atomic E-state index is 12.2. The van der Waals surface area contributed by atoms with Gasteiger partial charge in [-0.1, -0.05) is 18.2 Å². The molecule has 1 aromatic heterocycles. The Labute approximate surface area is 188 Å². The van der Waals surface area contributed by atoms with Crippen LogP contribution in [-0.4, -0.2) is 37.3 Å². The van der Waals surface area contributed by atoms with Crippen LogP contribution in [-0.2, 0) is 0 Å². The number of hydrogen-bond acceptors (Lipinski definition) is 3. The van der Waals surface area contributed by atoms with Crippen molar-refractivity contribution >= 4 is 39.3 Å². The minimum absolute atomic E-state index is 0.0319. The molecule has 6 rings (SSSR count). The summed E-state index contributed by atoms with van der Waals surface area (Å²) in [6, 6.07) is 5.06. The minimum Gasteiger partial charge on any atom is -0.478 e. The largest absolute Gasteiger partial charge is 0.478 e. The van der Waals surface area contributed by atoms with Gasteiger partial charge in [0.15, 0.2) is 0 Å². The molecular weight excluding hydrogens is 388 g/mol. The van der Waals surface area contributed by atoms with Crippen LogP contribution in [0.2, 0.25) is 0 Å². The monoisotopic (exact) mass is 417 g/mol. The Morgan fingerprint density at radius 1 is 0.871 bits per heavy atom. The minimum atomic E-state index is -1.22. The quantitative estimate of drug-likeness (QED) is 0.343. The van der Waals surface area contributed by atoms with Crippen molar-refractivity contribution in [1.82, 2.24) is 0 Å². The summed E-state index contributed by atoms with van der Waals surface area (Å²) in [5.74, 6) is -1.22. The smallest absolute Gasteiger partial charge is 0.363 e. The van der Waals surface area contributed by atoms with Gasteiger partial charge in [-0.15, -0.1) is 0 Å². The zero-order valence-electron chi connectivity index (χ0n) is 22.7. The third-order valence-corrected chi connectivity index (χ3v) is 6.01. The first kappa shape index (κ1) is 13.0. The van der Waals surface area contributed by atoms with Crippen molar-refractivity contribution in [1.29, 1.82) is 0 Å². The zero-order valence-corrected chi connectivity index (χ0v) is 16.7. The summed E-state index contributed by atoms with van der Waals surface area (Å²) in [5, 5.41) is 10.0. The lowest BCUT2D eigenvalue weighted by atomic mass is 9.93. The van der Waals surface area contributed by atoms with E-state index in [4.69, 9.17) is 12.6 Å². The van der Waals surface area contributed by atoms with Gasteiger partial charge < -0.3 is 14.9 Å². The number of rotatable bonds is 4. The molecule has 3 aromatic carbocycles. The van der Waals surface area contributed by atoms with Gasteiger partial charge in [0.05, 0.1) is 36.6 Å². The van der Waals surface area contributed by atoms with Crippen molar-refractivity contribution in [2.45, 2.75) is 12.8 Å². The van der Waals surface area contributed by atoms with Crippen LogP contribution in [0.15, 0.2) is 64.9 Å². The molecule has 0 spiro atoms. The van der Waals surface area contributed by atoms with Crippen LogP contribution >= 0.6 is 0 Å². The second kappa shape index (κ2) is 6.98. The number of nitrogens with zero attached hydrogens (tertiary/aromatic N) is 2. The molecule has 0 radical (unpaired) electrons. The molecule has 0 bridgehead atoms. The molecular formula is C26H23N2O3+. The Balaban J connectivity index is 1.86. The molecule has 2 fully saturated rings. The number of benzene rings is 3. The molecule has 5 nitrogen and oxygen atoms in total. The summed E-state index contributed by atoms with van der Waals surface area (Å²) in [7, 11) is 0. The summed E-state index contributed by atoms with van der Waals surface area (Å²) in [6.45, 7) is 2.58. The number of carboxylic acid groups (broad SMARTS) is 1. The Bertz CT molecular complexity index is 1560. The van der Waals surface area contributed by atoms with E-state index in [0.717, 1.165) is 12.8 Å². The maximum absolute atomic E-state index is 12.2.